The van der Waals surface area contributed by atoms with Crippen molar-refractivity contribution in [1.29, 1.82) is 10.7 Å². The first kappa shape index (κ1) is 13.5. The number of nitrogens with one attached hydrogen (secondary N) is 2. The number of hydrogen-bond acceptors (Lipinski definition) is 6. The van der Waals surface area contributed by atoms with Gasteiger partial charge in [0.2, 0.25) is 5.71 Å². The van der Waals surface area contributed by atoms with Crippen molar-refractivity contribution in [3.05, 3.63) is 24.3 Å². The molecular weight excluding hydrogens is 234 g/mol. The van der Waals surface area contributed by atoms with Crippen molar-refractivity contribution in [1.82, 2.24) is 0 Å². The van der Waals surface area contributed by atoms with Gasteiger partial charge in [0.1, 0.15) is 11.8 Å². The van der Waals surface area contributed by atoms with E-state index in [1.54, 1.807) is 30.3 Å². The molecule has 1 aromatic rings. The zero-order valence-electron chi connectivity index (χ0n) is 9.80. The number of nitrogens with zero attached hydrogens (tertiary/aromatic N) is 2. The Balaban J connectivity index is 2.73. The van der Waals surface area contributed by atoms with Gasteiger partial charge in [0.05, 0.1) is 5.69 Å². The van der Waals surface area contributed by atoms with E-state index in [0.717, 1.165) is 0 Å². The van der Waals surface area contributed by atoms with E-state index >= 15 is 0 Å². The number of benzene rings is 1. The summed E-state index contributed by atoms with van der Waals surface area (Å²) in [6, 6.07) is 8.63. The Kier molecular flexibility index (Phi) is 5.15. The standard InChI is InChI=1S/C11H13N5O2/c1-17-7-18-9-4-2-3-8(5-9)15-16-10(6-12)11(13)14/h2-5,15H,7H2,1H3,(H3,13,14)/b16-10+. The minimum atomic E-state index is -0.392. The minimum absolute atomic E-state index is 0.142. The number of nitrogens with two attached hydrogens (primary N) is 1. The summed E-state index contributed by atoms with van der Waals surface area (Å²) < 4.78 is 10.0. The van der Waals surface area contributed by atoms with Crippen molar-refractivity contribution in [2.45, 2.75) is 0 Å². The number of rotatable bonds is 6. The fraction of sp³-hybridized carbons (Fsp3) is 0.182. The molecule has 0 spiro atoms. The molecule has 0 fully saturated rings. The molecule has 94 valence electrons. The van der Waals surface area contributed by atoms with Crippen LogP contribution < -0.4 is 15.9 Å². The van der Waals surface area contributed by atoms with Crippen LogP contribution in [-0.2, 0) is 4.74 Å². The predicted octanol–water partition coefficient (Wildman–Crippen LogP) is 0.897. The molecule has 7 nitrogen and oxygen atoms in total. The van der Waals surface area contributed by atoms with E-state index in [2.05, 4.69) is 10.5 Å². The molecule has 4 N–H and O–H groups in total. The molecule has 1 aromatic carbocycles. The summed E-state index contributed by atoms with van der Waals surface area (Å²) >= 11 is 0. The number of anilines is 1. The van der Waals surface area contributed by atoms with Crippen LogP contribution in [0.4, 0.5) is 5.69 Å². The lowest BCUT2D eigenvalue weighted by molar-refractivity contribution is 0.0512. The summed E-state index contributed by atoms with van der Waals surface area (Å²) in [5, 5.41) is 19.5. The van der Waals surface area contributed by atoms with Crippen molar-refractivity contribution in [2.24, 2.45) is 10.8 Å². The average molecular weight is 247 g/mol. The Hall–Kier alpha value is -2.59. The van der Waals surface area contributed by atoms with Crippen molar-refractivity contribution in [3.63, 3.8) is 0 Å². The van der Waals surface area contributed by atoms with Crippen LogP contribution in [-0.4, -0.2) is 25.5 Å². The molecule has 0 atom stereocenters. The molecule has 0 unspecified atom stereocenters. The molecule has 0 aliphatic heterocycles. The van der Waals surface area contributed by atoms with Gasteiger partial charge in [-0.1, -0.05) is 6.07 Å². The maximum Gasteiger partial charge on any atom is 0.201 e. The van der Waals surface area contributed by atoms with Gasteiger partial charge in [-0.3, -0.25) is 10.8 Å². The zero-order chi connectivity index (χ0) is 13.4. The number of amidine groups is 1. The number of hydrazone groups is 1. The quantitative estimate of drug-likeness (QED) is 0.299. The largest absolute Gasteiger partial charge is 0.467 e. The van der Waals surface area contributed by atoms with E-state index in [1.807, 2.05) is 0 Å². The highest BCUT2D eigenvalue weighted by molar-refractivity contribution is 6.45. The van der Waals surface area contributed by atoms with Gasteiger partial charge in [0.25, 0.3) is 0 Å². The van der Waals surface area contributed by atoms with E-state index in [1.165, 1.54) is 7.11 Å². The third-order valence-electron chi connectivity index (χ3n) is 1.84. The topological polar surface area (TPSA) is 117 Å². The van der Waals surface area contributed by atoms with Gasteiger partial charge in [-0.05, 0) is 12.1 Å². The number of nitriles is 1. The van der Waals surface area contributed by atoms with Gasteiger partial charge < -0.3 is 15.2 Å². The summed E-state index contributed by atoms with van der Waals surface area (Å²) in [4.78, 5) is 0. The van der Waals surface area contributed by atoms with Crippen LogP contribution in [0, 0.1) is 16.7 Å². The highest BCUT2D eigenvalue weighted by Crippen LogP contribution is 2.17. The molecule has 0 bridgehead atoms. The predicted molar refractivity (Wildman–Crippen MR) is 67.5 cm³/mol. The monoisotopic (exact) mass is 247 g/mol. The number of methoxy groups -OCH3 is 1. The Morgan fingerprint density at radius 1 is 1.61 bits per heavy atom. The fourth-order valence-corrected chi connectivity index (χ4v) is 1.05. The van der Waals surface area contributed by atoms with Crippen LogP contribution in [0.1, 0.15) is 0 Å². The van der Waals surface area contributed by atoms with Gasteiger partial charge >= 0.3 is 0 Å². The van der Waals surface area contributed by atoms with Crippen LogP contribution in [0.3, 0.4) is 0 Å². The van der Waals surface area contributed by atoms with Gasteiger partial charge in [0, 0.05) is 13.2 Å². The summed E-state index contributed by atoms with van der Waals surface area (Å²) in [7, 11) is 1.53. The first-order chi connectivity index (χ1) is 8.67. The summed E-state index contributed by atoms with van der Waals surface area (Å²) in [6.45, 7) is 0.142. The number of hydrogen-bond donors (Lipinski definition) is 3. The van der Waals surface area contributed by atoms with Crippen LogP contribution in [0.15, 0.2) is 29.4 Å². The summed E-state index contributed by atoms with van der Waals surface area (Å²) in [5.74, 6) is 0.204. The molecule has 18 heavy (non-hydrogen) atoms. The Bertz CT molecular complexity index is 492. The second-order valence-corrected chi connectivity index (χ2v) is 3.18. The normalized spacial score (nSPS) is 10.6. The van der Waals surface area contributed by atoms with Crippen molar-refractivity contribution in [3.8, 4) is 11.8 Å². The molecule has 7 heteroatoms. The molecule has 0 amide bonds. The van der Waals surface area contributed by atoms with Crippen molar-refractivity contribution < 1.29 is 9.47 Å². The second kappa shape index (κ2) is 6.88. The Morgan fingerprint density at radius 2 is 2.39 bits per heavy atom. The maximum absolute atomic E-state index is 8.66. The highest BCUT2D eigenvalue weighted by Gasteiger charge is 2.01. The second-order valence-electron chi connectivity index (χ2n) is 3.18. The first-order valence-electron chi connectivity index (χ1n) is 4.97. The first-order valence-corrected chi connectivity index (χ1v) is 4.97. The molecule has 1 rings (SSSR count). The van der Waals surface area contributed by atoms with Gasteiger partial charge in [-0.25, -0.2) is 0 Å². The van der Waals surface area contributed by atoms with E-state index in [-0.39, 0.29) is 12.5 Å². The lowest BCUT2D eigenvalue weighted by Gasteiger charge is -2.06. The molecule has 0 radical (unpaired) electrons. The van der Waals surface area contributed by atoms with Crippen LogP contribution in [0.25, 0.3) is 0 Å². The highest BCUT2D eigenvalue weighted by atomic mass is 16.7. The van der Waals surface area contributed by atoms with Crippen LogP contribution in [0.5, 0.6) is 5.75 Å². The molecule has 0 saturated carbocycles. The van der Waals surface area contributed by atoms with Crippen molar-refractivity contribution in [2.75, 3.05) is 19.3 Å². The van der Waals surface area contributed by atoms with Crippen LogP contribution in [0.2, 0.25) is 0 Å². The lowest BCUT2D eigenvalue weighted by atomic mass is 10.3. The summed E-state index contributed by atoms with van der Waals surface area (Å²) in [5.41, 5.74) is 8.20. The van der Waals surface area contributed by atoms with Crippen molar-refractivity contribution >= 4 is 17.2 Å². The van der Waals surface area contributed by atoms with Gasteiger partial charge in [0.15, 0.2) is 12.6 Å². The molecule has 0 aliphatic carbocycles. The average Bonchev–Trinajstić information content (AvgIpc) is 2.37. The SMILES string of the molecule is COCOc1cccc(N/N=C(\C#N)C(=N)N)c1. The summed E-state index contributed by atoms with van der Waals surface area (Å²) in [6.07, 6.45) is 0. The molecule has 0 saturated heterocycles. The van der Waals surface area contributed by atoms with E-state index in [0.29, 0.717) is 11.4 Å². The molecule has 0 aliphatic rings. The van der Waals surface area contributed by atoms with Crippen LogP contribution >= 0.6 is 0 Å². The zero-order valence-corrected chi connectivity index (χ0v) is 9.80. The lowest BCUT2D eigenvalue weighted by Crippen LogP contribution is -2.21. The molecule has 0 heterocycles. The molecular formula is C11H13N5O2. The third-order valence-corrected chi connectivity index (χ3v) is 1.84. The van der Waals surface area contributed by atoms with Gasteiger partial charge in [-0.2, -0.15) is 10.4 Å². The molecule has 0 aromatic heterocycles. The Morgan fingerprint density at radius 3 is 3.00 bits per heavy atom. The van der Waals surface area contributed by atoms with Gasteiger partial charge in [-0.15, -0.1) is 0 Å². The van der Waals surface area contributed by atoms with E-state index < -0.39 is 5.84 Å². The minimum Gasteiger partial charge on any atom is -0.467 e. The smallest absolute Gasteiger partial charge is 0.201 e. The Labute approximate surface area is 104 Å². The fourth-order valence-electron chi connectivity index (χ4n) is 1.05. The van der Waals surface area contributed by atoms with E-state index in [4.69, 9.17) is 25.9 Å². The maximum atomic E-state index is 8.66. The van der Waals surface area contributed by atoms with E-state index in [9.17, 15) is 0 Å². The third kappa shape index (κ3) is 4.11. The number of ether oxygens (including phenoxy) is 2.